The Bertz CT molecular complexity index is 107. The fourth-order valence-corrected chi connectivity index (χ4v) is 0.638. The first-order chi connectivity index (χ1) is 3.77. The van der Waals surface area contributed by atoms with Crippen molar-refractivity contribution in [1.82, 2.24) is 0 Å². The molecule has 0 amide bonds. The lowest BCUT2D eigenvalue weighted by atomic mass is 9.91. The molecule has 0 radical (unpaired) electrons. The Labute approximate surface area is 48.0 Å². The number of hydrogen-bond acceptors (Lipinski definition) is 3. The van der Waals surface area contributed by atoms with Crippen LogP contribution in [0.4, 0.5) is 0 Å². The summed E-state index contributed by atoms with van der Waals surface area (Å²) in [5.41, 5.74) is 0.00868. The van der Waals surface area contributed by atoms with Gasteiger partial charge in [-0.15, -0.1) is 5.16 Å². The maximum Gasteiger partial charge on any atom is 0.0593 e. The highest BCUT2D eigenvalue weighted by atomic mass is 16.5. The van der Waals surface area contributed by atoms with Crippen molar-refractivity contribution in [1.29, 1.82) is 0 Å². The molecule has 0 unspecified atom stereocenters. The number of oxime groups is 1. The molecule has 0 saturated carbocycles. The molecule has 1 aliphatic heterocycles. The van der Waals surface area contributed by atoms with Crippen molar-refractivity contribution in [2.24, 2.45) is 10.6 Å². The molecule has 0 atom stereocenters. The van der Waals surface area contributed by atoms with E-state index in [-0.39, 0.29) is 5.41 Å². The fraction of sp³-hybridized carbons (Fsp3) is 0.800. The van der Waals surface area contributed by atoms with Crippen molar-refractivity contribution < 1.29 is 9.94 Å². The van der Waals surface area contributed by atoms with Crippen LogP contribution in [0, 0.1) is 5.41 Å². The minimum Gasteiger partial charge on any atom is -0.411 e. The van der Waals surface area contributed by atoms with Gasteiger partial charge in [0.25, 0.3) is 0 Å². The number of nitrogens with zero attached hydrogens (tertiary/aromatic N) is 1. The Morgan fingerprint density at radius 2 is 2.38 bits per heavy atom. The second-order valence-corrected chi connectivity index (χ2v) is 2.39. The van der Waals surface area contributed by atoms with Gasteiger partial charge in [-0.3, -0.25) is 0 Å². The maximum atomic E-state index is 8.08. The summed E-state index contributed by atoms with van der Waals surface area (Å²) in [4.78, 5) is 0. The van der Waals surface area contributed by atoms with Crippen LogP contribution in [-0.2, 0) is 4.74 Å². The average Bonchev–Trinajstić information content (AvgIpc) is 1.64. The summed E-state index contributed by atoms with van der Waals surface area (Å²) in [5, 5.41) is 11.0. The lowest BCUT2D eigenvalue weighted by Gasteiger charge is -2.33. The van der Waals surface area contributed by atoms with Gasteiger partial charge >= 0.3 is 0 Å². The molecule has 3 heteroatoms. The summed E-state index contributed by atoms with van der Waals surface area (Å²) >= 11 is 0. The van der Waals surface area contributed by atoms with E-state index in [1.54, 1.807) is 0 Å². The van der Waals surface area contributed by atoms with Crippen molar-refractivity contribution >= 4 is 6.21 Å². The summed E-state index contributed by atoms with van der Waals surface area (Å²) in [6.07, 6.45) is 1.51. The van der Waals surface area contributed by atoms with Gasteiger partial charge in [-0.1, -0.05) is 6.92 Å². The Morgan fingerprint density at radius 3 is 2.50 bits per heavy atom. The van der Waals surface area contributed by atoms with Gasteiger partial charge in [0.1, 0.15) is 0 Å². The molecule has 0 aromatic heterocycles. The first-order valence-corrected chi connectivity index (χ1v) is 2.53. The van der Waals surface area contributed by atoms with E-state index in [1.165, 1.54) is 6.21 Å². The molecular formula is C5H9NO2. The van der Waals surface area contributed by atoms with E-state index in [9.17, 15) is 0 Å². The number of ether oxygens (including phenoxy) is 1. The molecule has 46 valence electrons. The van der Waals surface area contributed by atoms with E-state index in [0.717, 1.165) is 0 Å². The molecule has 1 N–H and O–H groups in total. The number of rotatable bonds is 1. The molecule has 0 aliphatic carbocycles. The van der Waals surface area contributed by atoms with E-state index >= 15 is 0 Å². The molecule has 0 aromatic rings. The van der Waals surface area contributed by atoms with Crippen LogP contribution in [0.5, 0.6) is 0 Å². The van der Waals surface area contributed by atoms with Crippen LogP contribution in [0.15, 0.2) is 5.16 Å². The van der Waals surface area contributed by atoms with Gasteiger partial charge in [-0.2, -0.15) is 0 Å². The molecule has 0 spiro atoms. The molecule has 1 fully saturated rings. The highest BCUT2D eigenvalue weighted by molar-refractivity contribution is 5.65. The molecule has 1 saturated heterocycles. The lowest BCUT2D eigenvalue weighted by molar-refractivity contribution is -0.0565. The van der Waals surface area contributed by atoms with Crippen molar-refractivity contribution in [2.75, 3.05) is 13.2 Å². The average molecular weight is 115 g/mol. The minimum atomic E-state index is 0.00868. The smallest absolute Gasteiger partial charge is 0.0593 e. The largest absolute Gasteiger partial charge is 0.411 e. The van der Waals surface area contributed by atoms with Crippen molar-refractivity contribution in [2.45, 2.75) is 6.92 Å². The predicted molar refractivity (Wildman–Crippen MR) is 29.2 cm³/mol. The fourth-order valence-electron chi connectivity index (χ4n) is 0.638. The van der Waals surface area contributed by atoms with Gasteiger partial charge < -0.3 is 9.94 Å². The first kappa shape index (κ1) is 5.56. The Morgan fingerprint density at radius 1 is 1.75 bits per heavy atom. The molecule has 8 heavy (non-hydrogen) atoms. The Balaban J connectivity index is 2.41. The van der Waals surface area contributed by atoms with Crippen LogP contribution in [0.1, 0.15) is 6.92 Å². The van der Waals surface area contributed by atoms with Crippen LogP contribution < -0.4 is 0 Å². The zero-order valence-corrected chi connectivity index (χ0v) is 4.79. The maximum absolute atomic E-state index is 8.08. The molecule has 1 aliphatic rings. The third-order valence-corrected chi connectivity index (χ3v) is 1.23. The van der Waals surface area contributed by atoms with Crippen LogP contribution in [0.3, 0.4) is 0 Å². The van der Waals surface area contributed by atoms with Gasteiger partial charge in [0.2, 0.25) is 0 Å². The Kier molecular flexibility index (Phi) is 1.21. The van der Waals surface area contributed by atoms with Crippen LogP contribution in [0.2, 0.25) is 0 Å². The summed E-state index contributed by atoms with van der Waals surface area (Å²) in [6, 6.07) is 0. The van der Waals surface area contributed by atoms with Gasteiger partial charge in [-0.05, 0) is 0 Å². The highest BCUT2D eigenvalue weighted by Crippen LogP contribution is 2.23. The monoisotopic (exact) mass is 115 g/mol. The summed E-state index contributed by atoms with van der Waals surface area (Å²) in [5.74, 6) is 0. The molecular weight excluding hydrogens is 106 g/mol. The van der Waals surface area contributed by atoms with E-state index < -0.39 is 0 Å². The number of hydrogen-bond donors (Lipinski definition) is 1. The molecule has 1 heterocycles. The van der Waals surface area contributed by atoms with E-state index in [4.69, 9.17) is 9.94 Å². The highest BCUT2D eigenvalue weighted by Gasteiger charge is 2.31. The lowest BCUT2D eigenvalue weighted by Crippen LogP contribution is -2.40. The van der Waals surface area contributed by atoms with Gasteiger partial charge in [0, 0.05) is 0 Å². The first-order valence-electron chi connectivity index (χ1n) is 2.53. The minimum absolute atomic E-state index is 0.00868. The van der Waals surface area contributed by atoms with Crippen molar-refractivity contribution in [3.05, 3.63) is 0 Å². The van der Waals surface area contributed by atoms with Crippen LogP contribution >= 0.6 is 0 Å². The molecule has 3 nitrogen and oxygen atoms in total. The zero-order chi connectivity index (χ0) is 6.04. The predicted octanol–water partition coefficient (Wildman–Crippen LogP) is 0.483. The summed E-state index contributed by atoms with van der Waals surface area (Å²) in [6.45, 7) is 3.34. The summed E-state index contributed by atoms with van der Waals surface area (Å²) in [7, 11) is 0. The van der Waals surface area contributed by atoms with Crippen LogP contribution in [0.25, 0.3) is 0 Å². The van der Waals surface area contributed by atoms with E-state index in [1.807, 2.05) is 6.92 Å². The third-order valence-electron chi connectivity index (χ3n) is 1.23. The van der Waals surface area contributed by atoms with E-state index in [2.05, 4.69) is 5.16 Å². The van der Waals surface area contributed by atoms with Crippen LogP contribution in [-0.4, -0.2) is 24.6 Å². The second-order valence-electron chi connectivity index (χ2n) is 2.39. The van der Waals surface area contributed by atoms with Gasteiger partial charge in [-0.25, -0.2) is 0 Å². The molecule has 0 bridgehead atoms. The second kappa shape index (κ2) is 1.74. The zero-order valence-electron chi connectivity index (χ0n) is 4.79. The normalized spacial score (nSPS) is 25.6. The van der Waals surface area contributed by atoms with Gasteiger partial charge in [0.05, 0.1) is 24.8 Å². The standard InChI is InChI=1S/C5H9NO2/c1-5(2-6-7)3-8-4-5/h2,7H,3-4H2,1H3/b6-2+. The SMILES string of the molecule is CC1(/C=N/O)COC1. The van der Waals surface area contributed by atoms with Crippen molar-refractivity contribution in [3.63, 3.8) is 0 Å². The molecule has 1 rings (SSSR count). The topological polar surface area (TPSA) is 41.8 Å². The van der Waals surface area contributed by atoms with E-state index in [0.29, 0.717) is 13.2 Å². The van der Waals surface area contributed by atoms with Gasteiger partial charge in [0.15, 0.2) is 0 Å². The van der Waals surface area contributed by atoms with Crippen molar-refractivity contribution in [3.8, 4) is 0 Å². The molecule has 0 aromatic carbocycles. The summed E-state index contributed by atoms with van der Waals surface area (Å²) < 4.78 is 4.89. The Hall–Kier alpha value is -0.570. The quantitative estimate of drug-likeness (QED) is 0.307. The third kappa shape index (κ3) is 0.816.